The molecule has 0 aliphatic carbocycles. The molecule has 0 saturated heterocycles. The lowest BCUT2D eigenvalue weighted by atomic mass is 9.46. The summed E-state index contributed by atoms with van der Waals surface area (Å²) in [6.07, 6.45) is 0. The van der Waals surface area contributed by atoms with Gasteiger partial charge < -0.3 is 0 Å². The Kier molecular flexibility index (Phi) is 3.62. The number of Topliss-reactive ketones (excluding diaryl/α,β-unsaturated/α-hetero) is 1. The lowest BCUT2D eigenvalue weighted by molar-refractivity contribution is 0.101. The van der Waals surface area contributed by atoms with Gasteiger partial charge >= 0.3 is 0 Å². The second-order valence-electron chi connectivity index (χ2n) is 5.00. The van der Waals surface area contributed by atoms with Crippen LogP contribution in [-0.4, -0.2) is 12.5 Å². The summed E-state index contributed by atoms with van der Waals surface area (Å²) in [6.45, 7) is 15.0. The number of carbonyl (C=O) groups is 1. The molecule has 0 aliphatic heterocycles. The van der Waals surface area contributed by atoms with Crippen LogP contribution in [0.3, 0.4) is 0 Å². The van der Waals surface area contributed by atoms with Gasteiger partial charge in [-0.15, -0.1) is 0 Å². The second kappa shape index (κ2) is 4.44. The molecule has 16 heavy (non-hydrogen) atoms. The van der Waals surface area contributed by atoms with Crippen molar-refractivity contribution in [2.75, 3.05) is 0 Å². The number of rotatable bonds is 2. The molecular formula is C14H21BO. The minimum Gasteiger partial charge on any atom is -0.294 e. The van der Waals surface area contributed by atoms with Crippen LogP contribution in [0, 0.1) is 27.7 Å². The molecular weight excluding hydrogens is 195 g/mol. The molecule has 0 aliphatic rings. The maximum absolute atomic E-state index is 11.7. The number of hydrogen-bond donors (Lipinski definition) is 0. The van der Waals surface area contributed by atoms with Crippen molar-refractivity contribution in [1.29, 1.82) is 0 Å². The first kappa shape index (κ1) is 13.0. The van der Waals surface area contributed by atoms with E-state index in [1.165, 1.54) is 16.6 Å². The quantitative estimate of drug-likeness (QED) is 0.548. The van der Waals surface area contributed by atoms with E-state index < -0.39 is 0 Å². The van der Waals surface area contributed by atoms with E-state index in [9.17, 15) is 4.79 Å². The van der Waals surface area contributed by atoms with Crippen LogP contribution in [0.15, 0.2) is 0 Å². The van der Waals surface area contributed by atoms with E-state index in [4.69, 9.17) is 0 Å². The van der Waals surface area contributed by atoms with Crippen molar-refractivity contribution in [3.05, 3.63) is 27.8 Å². The van der Waals surface area contributed by atoms with Crippen molar-refractivity contribution in [2.24, 2.45) is 0 Å². The molecule has 0 radical (unpaired) electrons. The predicted octanol–water partition coefficient (Wildman–Crippen LogP) is 3.08. The Bertz CT molecular complexity index is 416. The maximum atomic E-state index is 11.7. The van der Waals surface area contributed by atoms with Crippen LogP contribution in [0.4, 0.5) is 0 Å². The van der Waals surface area contributed by atoms with E-state index in [2.05, 4.69) is 41.3 Å². The Hall–Kier alpha value is -1.05. The minimum absolute atomic E-state index is 0.177. The Balaban J connectivity index is 3.70. The molecule has 0 saturated carbocycles. The van der Waals surface area contributed by atoms with E-state index in [0.717, 1.165) is 16.7 Å². The summed E-state index contributed by atoms with van der Waals surface area (Å²) in [5.41, 5.74) is 7.18. The highest BCUT2D eigenvalue weighted by molar-refractivity contribution is 6.71. The molecule has 0 N–H and O–H groups in total. The molecule has 0 aromatic heterocycles. The highest BCUT2D eigenvalue weighted by Gasteiger charge is 2.19. The number of ketones is 1. The summed E-state index contributed by atoms with van der Waals surface area (Å²) in [4.78, 5) is 11.7. The molecule has 1 nitrogen and oxygen atoms in total. The van der Waals surface area contributed by atoms with Gasteiger partial charge in [0.05, 0.1) is 0 Å². The van der Waals surface area contributed by atoms with Crippen LogP contribution in [0.1, 0.15) is 39.5 Å². The monoisotopic (exact) mass is 216 g/mol. The van der Waals surface area contributed by atoms with E-state index in [-0.39, 0.29) is 5.78 Å². The van der Waals surface area contributed by atoms with Gasteiger partial charge in [0, 0.05) is 5.56 Å². The first-order valence-electron chi connectivity index (χ1n) is 5.90. The third-order valence-corrected chi connectivity index (χ3v) is 3.61. The van der Waals surface area contributed by atoms with Gasteiger partial charge in [0.1, 0.15) is 0 Å². The number of carbonyl (C=O) groups excluding carboxylic acids is 1. The second-order valence-corrected chi connectivity index (χ2v) is 5.00. The lowest BCUT2D eigenvalue weighted by Crippen LogP contribution is -2.31. The van der Waals surface area contributed by atoms with Crippen LogP contribution in [0.5, 0.6) is 0 Å². The van der Waals surface area contributed by atoms with Gasteiger partial charge in [-0.1, -0.05) is 30.2 Å². The molecule has 0 fully saturated rings. The van der Waals surface area contributed by atoms with Gasteiger partial charge in [0.15, 0.2) is 12.5 Å². The zero-order chi connectivity index (χ0) is 12.6. The van der Waals surface area contributed by atoms with Crippen LogP contribution in [0.2, 0.25) is 13.6 Å². The SMILES string of the molecule is CB(C)c1c(C)c(C)c(C(C)=O)c(C)c1C. The zero-order valence-corrected chi connectivity index (χ0v) is 11.5. The highest BCUT2D eigenvalue weighted by Crippen LogP contribution is 2.21. The van der Waals surface area contributed by atoms with Crippen molar-refractivity contribution in [1.82, 2.24) is 0 Å². The molecule has 0 heterocycles. The van der Waals surface area contributed by atoms with E-state index >= 15 is 0 Å². The van der Waals surface area contributed by atoms with Crippen molar-refractivity contribution in [3.8, 4) is 0 Å². The van der Waals surface area contributed by atoms with Gasteiger partial charge in [-0.05, 0) is 45.7 Å². The Morgan fingerprint density at radius 2 is 1.25 bits per heavy atom. The highest BCUT2D eigenvalue weighted by atomic mass is 16.1. The summed E-state index contributed by atoms with van der Waals surface area (Å²) in [6, 6.07) is 0. The summed E-state index contributed by atoms with van der Waals surface area (Å²) in [5.74, 6) is 0.177. The molecule has 0 atom stereocenters. The first-order valence-corrected chi connectivity index (χ1v) is 5.90. The number of benzene rings is 1. The first-order chi connectivity index (χ1) is 7.29. The van der Waals surface area contributed by atoms with Gasteiger partial charge in [-0.2, -0.15) is 0 Å². The average Bonchev–Trinajstić information content (AvgIpc) is 2.14. The van der Waals surface area contributed by atoms with Crippen LogP contribution in [-0.2, 0) is 0 Å². The van der Waals surface area contributed by atoms with Crippen molar-refractivity contribution >= 4 is 18.0 Å². The smallest absolute Gasteiger partial charge is 0.170 e. The van der Waals surface area contributed by atoms with Gasteiger partial charge in [-0.3, -0.25) is 4.79 Å². The fourth-order valence-corrected chi connectivity index (χ4v) is 2.74. The third-order valence-electron chi connectivity index (χ3n) is 3.61. The van der Waals surface area contributed by atoms with Crippen LogP contribution >= 0.6 is 0 Å². The van der Waals surface area contributed by atoms with Gasteiger partial charge in [-0.25, -0.2) is 0 Å². The topological polar surface area (TPSA) is 17.1 Å². The molecule has 0 amide bonds. The molecule has 1 rings (SSSR count). The fraction of sp³-hybridized carbons (Fsp3) is 0.500. The standard InChI is InChI=1S/C14H21BO/c1-8-10(3)14(15(6)7)11(4)9(2)13(8)12(5)16/h1-7H3. The summed E-state index contributed by atoms with van der Waals surface area (Å²) in [5, 5.41) is 0. The summed E-state index contributed by atoms with van der Waals surface area (Å²) >= 11 is 0. The van der Waals surface area contributed by atoms with Crippen molar-refractivity contribution < 1.29 is 4.79 Å². The lowest BCUT2D eigenvalue weighted by Gasteiger charge is -2.20. The molecule has 0 bridgehead atoms. The predicted molar refractivity (Wildman–Crippen MR) is 72.5 cm³/mol. The molecule has 0 unspecified atom stereocenters. The molecule has 0 spiro atoms. The molecule has 86 valence electrons. The van der Waals surface area contributed by atoms with E-state index in [1.54, 1.807) is 6.92 Å². The molecule has 1 aromatic rings. The Morgan fingerprint density at radius 3 is 1.50 bits per heavy atom. The van der Waals surface area contributed by atoms with Crippen molar-refractivity contribution in [2.45, 2.75) is 48.3 Å². The third kappa shape index (κ3) is 1.93. The van der Waals surface area contributed by atoms with Crippen molar-refractivity contribution in [3.63, 3.8) is 0 Å². The number of hydrogen-bond acceptors (Lipinski definition) is 1. The van der Waals surface area contributed by atoms with E-state index in [1.807, 2.05) is 0 Å². The largest absolute Gasteiger partial charge is 0.294 e. The summed E-state index contributed by atoms with van der Waals surface area (Å²) in [7, 11) is 0. The van der Waals surface area contributed by atoms with E-state index in [0.29, 0.717) is 6.71 Å². The molecule has 2 heteroatoms. The van der Waals surface area contributed by atoms with Crippen LogP contribution < -0.4 is 5.46 Å². The Labute approximate surface area is 99.3 Å². The normalized spacial score (nSPS) is 10.4. The fourth-order valence-electron chi connectivity index (χ4n) is 2.74. The Morgan fingerprint density at radius 1 is 0.875 bits per heavy atom. The average molecular weight is 216 g/mol. The van der Waals surface area contributed by atoms with Gasteiger partial charge in [0.25, 0.3) is 0 Å². The summed E-state index contributed by atoms with van der Waals surface area (Å²) < 4.78 is 0. The van der Waals surface area contributed by atoms with Gasteiger partial charge in [0.2, 0.25) is 0 Å². The zero-order valence-electron chi connectivity index (χ0n) is 11.5. The molecule has 1 aromatic carbocycles. The van der Waals surface area contributed by atoms with Crippen LogP contribution in [0.25, 0.3) is 0 Å². The maximum Gasteiger partial charge on any atom is 0.170 e. The minimum atomic E-state index is 0.177.